The van der Waals surface area contributed by atoms with E-state index in [1.54, 1.807) is 0 Å². The van der Waals surface area contributed by atoms with Crippen LogP contribution in [-0.2, 0) is 71.1 Å². The number of hydrogen-bond donors (Lipinski definition) is 21. The van der Waals surface area contributed by atoms with Crippen molar-refractivity contribution in [1.29, 1.82) is 0 Å². The molecule has 0 radical (unpaired) electrons. The zero-order valence-corrected chi connectivity index (χ0v) is 58.9. The van der Waals surface area contributed by atoms with Crippen LogP contribution in [0, 0.1) is 46.3 Å². The number of rotatable bonds is 22. The third-order valence-electron chi connectivity index (χ3n) is 25.4. The second kappa shape index (κ2) is 32.8. The molecule has 8 aliphatic heterocycles. The topological polar surface area (TPSA) is 563 Å². The smallest absolute Gasteiger partial charge is 0.187 e. The molecule has 0 aromatic heterocycles. The molecule has 36 nitrogen and oxygen atoms in total. The average Bonchev–Trinajstić information content (AvgIpc) is 1.62. The van der Waals surface area contributed by atoms with Gasteiger partial charge in [-0.3, -0.25) is 0 Å². The summed E-state index contributed by atoms with van der Waals surface area (Å²) in [5.41, 5.74) is 0.874. The van der Waals surface area contributed by atoms with Crippen LogP contribution >= 0.6 is 0 Å². The molecule has 8 saturated heterocycles. The molecule has 12 aliphatic rings. The first kappa shape index (κ1) is 81.8. The van der Waals surface area contributed by atoms with E-state index in [9.17, 15) is 107 Å². The van der Waals surface area contributed by atoms with Crippen molar-refractivity contribution in [1.82, 2.24) is 0 Å². The van der Waals surface area contributed by atoms with Crippen molar-refractivity contribution in [3.8, 4) is 0 Å². The van der Waals surface area contributed by atoms with E-state index in [2.05, 4.69) is 26.8 Å². The summed E-state index contributed by atoms with van der Waals surface area (Å²) in [5.74, 6) is -0.608. The Morgan fingerprint density at radius 1 is 0.481 bits per heavy atom. The maximum atomic E-state index is 12.3. The van der Waals surface area contributed by atoms with Gasteiger partial charge >= 0.3 is 0 Å². The number of allylic oxidation sites excluding steroid dienone is 1. The maximum Gasteiger partial charge on any atom is 0.187 e. The van der Waals surface area contributed by atoms with Crippen molar-refractivity contribution in [3.05, 3.63) is 11.6 Å². The second-order valence-corrected chi connectivity index (χ2v) is 31.8. The molecule has 45 atom stereocenters. The fourth-order valence-corrected chi connectivity index (χ4v) is 19.1. The Labute approximate surface area is 600 Å². The molecule has 11 fully saturated rings. The average molecular weight is 1510 g/mol. The largest absolute Gasteiger partial charge is 0.394 e. The van der Waals surface area contributed by atoms with Crippen LogP contribution in [0.5, 0.6) is 0 Å². The van der Waals surface area contributed by atoms with E-state index in [-0.39, 0.29) is 41.3 Å². The zero-order valence-electron chi connectivity index (χ0n) is 58.9. The third-order valence-corrected chi connectivity index (χ3v) is 25.4. The van der Waals surface area contributed by atoms with Gasteiger partial charge in [0, 0.05) is 12.3 Å². The van der Waals surface area contributed by atoms with Crippen LogP contribution in [0.25, 0.3) is 0 Å². The Morgan fingerprint density at radius 2 is 0.990 bits per heavy atom. The molecule has 0 aromatic rings. The van der Waals surface area contributed by atoms with Crippen molar-refractivity contribution in [2.45, 2.75) is 326 Å². The van der Waals surface area contributed by atoms with Crippen molar-refractivity contribution >= 4 is 0 Å². The molecule has 12 rings (SSSR count). The van der Waals surface area contributed by atoms with E-state index in [0.717, 1.165) is 32.1 Å². The van der Waals surface area contributed by atoms with Crippen molar-refractivity contribution in [2.24, 2.45) is 46.3 Å². The van der Waals surface area contributed by atoms with E-state index < -0.39 is 254 Å². The normalized spacial score (nSPS) is 55.2. The summed E-state index contributed by atoms with van der Waals surface area (Å²) < 4.78 is 90.0. The predicted molar refractivity (Wildman–Crippen MR) is 341 cm³/mol. The Hall–Kier alpha value is -1.70. The van der Waals surface area contributed by atoms with Gasteiger partial charge in [-0.1, -0.05) is 39.3 Å². The lowest BCUT2D eigenvalue weighted by Crippen LogP contribution is -2.69. The summed E-state index contributed by atoms with van der Waals surface area (Å²) in [7, 11) is 0. The van der Waals surface area contributed by atoms with Gasteiger partial charge in [-0.05, 0) is 106 Å². The van der Waals surface area contributed by atoms with E-state index in [1.165, 1.54) is 19.4 Å². The number of aliphatic hydroxyl groups is 21. The van der Waals surface area contributed by atoms with Crippen LogP contribution in [-0.4, -0.2) is 374 Å². The number of fused-ring (bicyclic) bond motifs is 7. The Morgan fingerprint density at radius 3 is 1.65 bits per heavy atom. The van der Waals surface area contributed by atoms with Crippen LogP contribution in [0.2, 0.25) is 0 Å². The Balaban J connectivity index is 0.681. The maximum absolute atomic E-state index is 12.3. The van der Waals surface area contributed by atoms with E-state index in [0.29, 0.717) is 43.4 Å². The molecule has 0 spiro atoms. The van der Waals surface area contributed by atoms with Crippen molar-refractivity contribution in [2.75, 3.05) is 39.6 Å². The molecular formula is C68H112O36. The minimum Gasteiger partial charge on any atom is -0.394 e. The molecule has 0 aromatic carbocycles. The second-order valence-electron chi connectivity index (χ2n) is 31.8. The first-order valence-corrected chi connectivity index (χ1v) is 36.7. The van der Waals surface area contributed by atoms with Gasteiger partial charge in [0.05, 0.1) is 64.1 Å². The molecule has 0 bridgehead atoms. The molecule has 6 unspecified atom stereocenters. The zero-order chi connectivity index (χ0) is 75.2. The molecule has 104 heavy (non-hydrogen) atoms. The highest BCUT2D eigenvalue weighted by Crippen LogP contribution is 2.70. The van der Waals surface area contributed by atoms with Crippen LogP contribution < -0.4 is 0 Å². The van der Waals surface area contributed by atoms with Gasteiger partial charge in [-0.25, -0.2) is 0 Å². The van der Waals surface area contributed by atoms with Gasteiger partial charge in [0.25, 0.3) is 0 Å². The summed E-state index contributed by atoms with van der Waals surface area (Å²) in [6, 6.07) is 0. The standard InChI is InChI=1S/C68H112O36/c1-23(21-90-59-49(84)44(79)41(76)34(17-69)95-59)9-14-68(89)24(2)38-33(104-68)16-31-29-8-7-27-15-28(10-12-66(27,5)30(29)11-13-67(31,38)6)94-63-52(87)47(82)55(36(19-71)97-63)100-65-58(45(80)42(77)35(18-70)96-65)103-64-53(88)57(102-60-48(83)40(75)32(73)22-91-60)56(37(20-72)98-64)101-62-51(86)46(81)54(26(4)93-62)99-61-50(85)43(78)39(74)25(3)92-61/h7,23-26,28-65,69-89H,8-22H2,1-6H3/t23-,24+,25-,26-,28+,29-,30+,31+,32-,33+,34-,35-,36-,37-,38+,39-,40+,41-,42-,43+,44+,45+,46-,47-,48-,49-,50+,51+,52-,53-,54-,55+,56-,57-,58-,59-,60?,61?,62?,63?,64?,65?,66+,67+,68-/m1/s1. The molecule has 600 valence electrons. The molecule has 0 amide bonds. The molecule has 36 heteroatoms. The van der Waals surface area contributed by atoms with Gasteiger partial charge in [0.1, 0.15) is 153 Å². The van der Waals surface area contributed by atoms with E-state index in [1.807, 2.05) is 6.92 Å². The van der Waals surface area contributed by atoms with Crippen LogP contribution in [0.15, 0.2) is 11.6 Å². The fourth-order valence-electron chi connectivity index (χ4n) is 19.1. The number of aliphatic hydroxyl groups excluding tert-OH is 20. The molecule has 4 aliphatic carbocycles. The number of hydrogen-bond acceptors (Lipinski definition) is 36. The van der Waals surface area contributed by atoms with Gasteiger partial charge in [-0.2, -0.15) is 0 Å². The summed E-state index contributed by atoms with van der Waals surface area (Å²) in [4.78, 5) is 0. The number of ether oxygens (including phenoxy) is 15. The Kier molecular flexibility index (Phi) is 25.8. The molecule has 21 N–H and O–H groups in total. The first-order valence-electron chi connectivity index (χ1n) is 36.7. The summed E-state index contributed by atoms with van der Waals surface area (Å²) >= 11 is 0. The van der Waals surface area contributed by atoms with Crippen LogP contribution in [0.3, 0.4) is 0 Å². The molecule has 3 saturated carbocycles. The van der Waals surface area contributed by atoms with E-state index in [4.69, 9.17) is 71.1 Å². The van der Waals surface area contributed by atoms with Gasteiger partial charge < -0.3 is 178 Å². The minimum absolute atomic E-state index is 0.101. The summed E-state index contributed by atoms with van der Waals surface area (Å²) in [6.07, 6.45) is -51.5. The fraction of sp³-hybridized carbons (Fsp3) is 0.971. The highest BCUT2D eigenvalue weighted by atomic mass is 16.8. The van der Waals surface area contributed by atoms with E-state index >= 15 is 0 Å². The Bertz CT molecular complexity index is 2820. The van der Waals surface area contributed by atoms with Gasteiger partial charge in [0.15, 0.2) is 49.8 Å². The summed E-state index contributed by atoms with van der Waals surface area (Å²) in [6.45, 7) is 7.48. The molecule has 8 heterocycles. The lowest BCUT2D eigenvalue weighted by atomic mass is 9.47. The quantitative estimate of drug-likeness (QED) is 0.0448. The van der Waals surface area contributed by atoms with Crippen molar-refractivity contribution < 1.29 is 178 Å². The predicted octanol–water partition coefficient (Wildman–Crippen LogP) is -7.87. The lowest BCUT2D eigenvalue weighted by molar-refractivity contribution is -0.409. The minimum atomic E-state index is -2.25. The lowest BCUT2D eigenvalue weighted by Gasteiger charge is -2.58. The van der Waals surface area contributed by atoms with Crippen molar-refractivity contribution in [3.63, 3.8) is 0 Å². The van der Waals surface area contributed by atoms with Gasteiger partial charge in [-0.15, -0.1) is 0 Å². The monoisotopic (exact) mass is 1500 g/mol. The highest BCUT2D eigenvalue weighted by Gasteiger charge is 2.69. The van der Waals surface area contributed by atoms with Crippen LogP contribution in [0.1, 0.15) is 99.3 Å². The molecular weight excluding hydrogens is 1390 g/mol. The SMILES string of the molecule is C[C@H](CC[C@@]1(O)O[C@H]2C[C@H]3[C@@H]4CC=C5C[C@@H](OC6O[C@H](CO)[C@H](OC7O[C@H](CO)[C@@H](O)[C@H](O)[C@H]7OC7O[C@H](CO)[C@@H](OC8O[C@H](C)[C@@H](OC9O[C@H](C)[C@@H](O)[C@H](O)[C@@H]9O)[C@H](O)[C@@H]8O)[C@H](OC8OC[C@@H](O)[C@H](O)[C@H]8O)[C@H]7O)[C@H](O)[C@H]6O)CC[C@]5(C)[C@H]4CC[C@]3(C)[C@H]2[C@@H]1C)CO[C@@H]1O[C@H](CO)[C@@H](O)[C@H](O)[C@H]1O. The first-order chi connectivity index (χ1) is 49.2. The van der Waals surface area contributed by atoms with Crippen LogP contribution in [0.4, 0.5) is 0 Å². The third kappa shape index (κ3) is 15.3. The van der Waals surface area contributed by atoms with Gasteiger partial charge in [0.2, 0.25) is 0 Å². The highest BCUT2D eigenvalue weighted by molar-refractivity contribution is 5.27. The summed E-state index contributed by atoms with van der Waals surface area (Å²) in [5, 5.41) is 230.